The van der Waals surface area contributed by atoms with Crippen LogP contribution in [0.2, 0.25) is 0 Å². The van der Waals surface area contributed by atoms with Crippen molar-refractivity contribution in [1.82, 2.24) is 25.9 Å². The Morgan fingerprint density at radius 1 is 1.07 bits per heavy atom. The number of hydrogen-bond donors (Lipinski definition) is 3. The normalized spacial score (nSPS) is 17.9. The van der Waals surface area contributed by atoms with Crippen LogP contribution in [0.3, 0.4) is 0 Å². The Kier molecular flexibility index (Phi) is 10.1. The quantitative estimate of drug-likeness (QED) is 0.300. The lowest BCUT2D eigenvalue weighted by Gasteiger charge is -2.32. The molecule has 0 saturated heterocycles. The zero-order valence-electron chi connectivity index (χ0n) is 23.5. The summed E-state index contributed by atoms with van der Waals surface area (Å²) in [6.07, 6.45) is 2.58. The minimum atomic E-state index is -0.897. The van der Waals surface area contributed by atoms with Crippen LogP contribution < -0.4 is 16.0 Å². The fraction of sp³-hybridized carbons (Fsp3) is 0.448. The molecule has 12 heteroatoms. The molecule has 0 bridgehead atoms. The number of alkyl carbamates (subject to hydrolysis) is 1. The molecular weight excluding hydrogens is 637 g/mol. The molecule has 4 N–H and O–H groups in total. The molecule has 3 aromatic rings. The highest BCUT2D eigenvalue weighted by molar-refractivity contribution is 14.1. The number of amides is 3. The molecule has 3 amide bonds. The van der Waals surface area contributed by atoms with Crippen molar-refractivity contribution < 1.29 is 19.1 Å². The summed E-state index contributed by atoms with van der Waals surface area (Å²) in [6, 6.07) is 13.8. The molecule has 11 nitrogen and oxygen atoms in total. The summed E-state index contributed by atoms with van der Waals surface area (Å²) in [5.74, 6) is -0.333. The van der Waals surface area contributed by atoms with E-state index in [2.05, 4.69) is 48.5 Å². The van der Waals surface area contributed by atoms with Crippen LogP contribution in [-0.2, 0) is 20.7 Å². The zero-order valence-corrected chi connectivity index (χ0v) is 25.6. The number of carbonyl (C=O) groups is 3. The van der Waals surface area contributed by atoms with Gasteiger partial charge in [0.1, 0.15) is 5.60 Å². The van der Waals surface area contributed by atoms with E-state index in [9.17, 15) is 14.4 Å². The summed E-state index contributed by atoms with van der Waals surface area (Å²) >= 11 is 2.22. The third-order valence-corrected chi connectivity index (χ3v) is 7.72. The maximum Gasteiger partial charge on any atom is 0.407 e. The molecule has 0 aliphatic heterocycles. The van der Waals surface area contributed by atoms with E-state index in [0.717, 1.165) is 27.5 Å². The van der Waals surface area contributed by atoms with Crippen molar-refractivity contribution in [2.45, 2.75) is 64.5 Å². The number of nitrogens with one attached hydrogen (secondary N) is 2. The van der Waals surface area contributed by atoms with E-state index < -0.39 is 23.6 Å². The first-order valence-corrected chi connectivity index (χ1v) is 14.8. The summed E-state index contributed by atoms with van der Waals surface area (Å²) in [4.78, 5) is 40.9. The van der Waals surface area contributed by atoms with E-state index in [-0.39, 0.29) is 17.7 Å². The third-order valence-electron chi connectivity index (χ3n) is 7.00. The van der Waals surface area contributed by atoms with Gasteiger partial charge in [0.25, 0.3) is 5.91 Å². The number of nitrogens with zero attached hydrogens (tertiary/aromatic N) is 4. The standard InChI is InChI=1S/C29H36IN7O4/c1-29(2,3)41-28(40)32-17-19-4-8-21(9-5-19)26(38)37(23-14-10-20(11-15-23)25-33-35-36-34-25)27(39)24(31)16-18-6-12-22(30)13-7-18/h6-7,10-15,19,21,24H,4-5,8-9,16-17,31H2,1-3H3,(H,32,40)(H,33,34,35,36)/t19-,21-,24-/m0/s1. The fourth-order valence-corrected chi connectivity index (χ4v) is 5.24. The van der Waals surface area contributed by atoms with Crippen molar-refractivity contribution in [3.63, 3.8) is 0 Å². The van der Waals surface area contributed by atoms with Gasteiger partial charge in [-0.15, -0.1) is 5.10 Å². The maximum atomic E-state index is 13.9. The van der Waals surface area contributed by atoms with Crippen LogP contribution >= 0.6 is 22.6 Å². The fourth-order valence-electron chi connectivity index (χ4n) is 4.88. The topological polar surface area (TPSA) is 156 Å². The molecule has 4 rings (SSSR count). The number of benzene rings is 2. The monoisotopic (exact) mass is 673 g/mol. The number of H-pyrrole nitrogens is 1. The lowest BCUT2D eigenvalue weighted by Crippen LogP contribution is -2.50. The predicted molar refractivity (Wildman–Crippen MR) is 163 cm³/mol. The molecule has 41 heavy (non-hydrogen) atoms. The summed E-state index contributed by atoms with van der Waals surface area (Å²) in [7, 11) is 0. The first-order valence-electron chi connectivity index (χ1n) is 13.7. The highest BCUT2D eigenvalue weighted by atomic mass is 127. The smallest absolute Gasteiger partial charge is 0.407 e. The van der Waals surface area contributed by atoms with Gasteiger partial charge >= 0.3 is 6.09 Å². The van der Waals surface area contributed by atoms with E-state index in [1.54, 1.807) is 24.3 Å². The van der Waals surface area contributed by atoms with Gasteiger partial charge in [-0.25, -0.2) is 14.8 Å². The zero-order chi connectivity index (χ0) is 29.6. The van der Waals surface area contributed by atoms with E-state index in [1.807, 2.05) is 45.0 Å². The van der Waals surface area contributed by atoms with E-state index in [4.69, 9.17) is 10.5 Å². The molecule has 1 fully saturated rings. The highest BCUT2D eigenvalue weighted by Crippen LogP contribution is 2.32. The first kappa shape index (κ1) is 30.6. The number of anilines is 1. The lowest BCUT2D eigenvalue weighted by molar-refractivity contribution is -0.130. The number of hydrogen-bond acceptors (Lipinski definition) is 8. The van der Waals surface area contributed by atoms with Gasteiger partial charge in [0.15, 0.2) is 5.82 Å². The van der Waals surface area contributed by atoms with Gasteiger partial charge in [0.2, 0.25) is 5.91 Å². The molecule has 0 radical (unpaired) electrons. The number of halogens is 1. The second-order valence-corrected chi connectivity index (χ2v) is 12.6. The van der Waals surface area contributed by atoms with Crippen LogP contribution in [0.25, 0.3) is 11.4 Å². The average Bonchev–Trinajstić information content (AvgIpc) is 3.48. The van der Waals surface area contributed by atoms with Crippen molar-refractivity contribution in [2.75, 3.05) is 11.4 Å². The lowest BCUT2D eigenvalue weighted by atomic mass is 9.81. The predicted octanol–water partition coefficient (Wildman–Crippen LogP) is 4.23. The van der Waals surface area contributed by atoms with Crippen LogP contribution in [0.5, 0.6) is 0 Å². The van der Waals surface area contributed by atoms with Gasteiger partial charge in [0.05, 0.1) is 11.7 Å². The Bertz CT molecular complexity index is 1320. The van der Waals surface area contributed by atoms with Gasteiger partial charge in [0, 0.05) is 21.6 Å². The molecular formula is C29H36IN7O4. The van der Waals surface area contributed by atoms with Gasteiger partial charge in [-0.3, -0.25) is 9.59 Å². The molecule has 1 heterocycles. The minimum Gasteiger partial charge on any atom is -0.444 e. The second-order valence-electron chi connectivity index (χ2n) is 11.3. The summed E-state index contributed by atoms with van der Waals surface area (Å²) < 4.78 is 6.41. The van der Waals surface area contributed by atoms with Gasteiger partial charge in [-0.2, -0.15) is 0 Å². The second kappa shape index (κ2) is 13.5. The molecule has 0 unspecified atom stereocenters. The number of ether oxygens (including phenoxy) is 1. The van der Waals surface area contributed by atoms with Crippen molar-refractivity contribution in [1.29, 1.82) is 0 Å². The van der Waals surface area contributed by atoms with Gasteiger partial charge < -0.3 is 15.8 Å². The molecule has 1 aliphatic carbocycles. The molecule has 218 valence electrons. The summed E-state index contributed by atoms with van der Waals surface area (Å²) in [5.41, 5.74) is 7.93. The Balaban J connectivity index is 1.46. The maximum absolute atomic E-state index is 13.9. The molecule has 2 aromatic carbocycles. The van der Waals surface area contributed by atoms with Crippen molar-refractivity contribution in [2.24, 2.45) is 17.6 Å². The van der Waals surface area contributed by atoms with Crippen LogP contribution in [0.15, 0.2) is 48.5 Å². The van der Waals surface area contributed by atoms with Crippen LogP contribution in [0, 0.1) is 15.4 Å². The van der Waals surface area contributed by atoms with Gasteiger partial charge in [-0.05, 0) is 134 Å². The van der Waals surface area contributed by atoms with Crippen molar-refractivity contribution in [3.8, 4) is 11.4 Å². The summed E-state index contributed by atoms with van der Waals surface area (Å²) in [5, 5.41) is 16.7. The Morgan fingerprint density at radius 3 is 2.32 bits per heavy atom. The van der Waals surface area contributed by atoms with Crippen LogP contribution in [0.1, 0.15) is 52.0 Å². The molecule has 1 atom stereocenters. The summed E-state index contributed by atoms with van der Waals surface area (Å²) in [6.45, 7) is 5.95. The number of carbonyl (C=O) groups excluding carboxylic acids is 3. The van der Waals surface area contributed by atoms with E-state index in [0.29, 0.717) is 37.3 Å². The molecule has 1 aliphatic rings. The Morgan fingerprint density at radius 2 is 1.73 bits per heavy atom. The average molecular weight is 674 g/mol. The van der Waals surface area contributed by atoms with E-state index >= 15 is 0 Å². The largest absolute Gasteiger partial charge is 0.444 e. The third kappa shape index (κ3) is 8.55. The number of imide groups is 1. The number of nitrogens with two attached hydrogens (primary N) is 1. The molecule has 1 saturated carbocycles. The Labute approximate surface area is 253 Å². The highest BCUT2D eigenvalue weighted by Gasteiger charge is 2.35. The van der Waals surface area contributed by atoms with Crippen molar-refractivity contribution in [3.05, 3.63) is 57.7 Å². The van der Waals surface area contributed by atoms with Crippen LogP contribution in [0.4, 0.5) is 10.5 Å². The van der Waals surface area contributed by atoms with E-state index in [1.165, 1.54) is 4.90 Å². The number of rotatable bonds is 8. The molecule has 0 spiro atoms. The number of tetrazole rings is 1. The number of aromatic amines is 1. The van der Waals surface area contributed by atoms with Crippen molar-refractivity contribution >= 4 is 46.2 Å². The Hall–Kier alpha value is -3.39. The SMILES string of the molecule is CC(C)(C)OC(=O)NC[C@H]1CC[C@H](C(=O)N(C(=O)[C@@H](N)Cc2ccc(I)cc2)c2ccc(-c3nnn[nH]3)cc2)CC1. The minimum absolute atomic E-state index is 0.230. The number of aromatic nitrogens is 4. The first-order chi connectivity index (χ1) is 19.5. The molecule has 1 aromatic heterocycles. The van der Waals surface area contributed by atoms with Gasteiger partial charge in [-0.1, -0.05) is 12.1 Å². The van der Waals surface area contributed by atoms with Crippen LogP contribution in [-0.4, -0.2) is 56.7 Å².